The number of benzene rings is 1. The maximum absolute atomic E-state index is 11.3. The molecule has 122 valence electrons. The Labute approximate surface area is 131 Å². The minimum atomic E-state index is -0.176. The predicted molar refractivity (Wildman–Crippen MR) is 90.4 cm³/mol. The largest absolute Gasteiger partial charge is 0.497 e. The number of nitrogens with one attached hydrogen (secondary N) is 1. The summed E-state index contributed by atoms with van der Waals surface area (Å²) in [6.45, 7) is 11.1. The van der Waals surface area contributed by atoms with Crippen LogP contribution in [-0.4, -0.2) is 32.7 Å². The molecule has 0 aromatic heterocycles. The third-order valence-corrected chi connectivity index (χ3v) is 3.10. The summed E-state index contributed by atoms with van der Waals surface area (Å²) in [5.41, 5.74) is 7.79. The number of ether oxygens (including phenoxy) is 2. The van der Waals surface area contributed by atoms with E-state index in [9.17, 15) is 4.79 Å². The molecule has 1 aromatic carbocycles. The Bertz CT molecular complexity index is 544. The zero-order valence-corrected chi connectivity index (χ0v) is 13.7. The van der Waals surface area contributed by atoms with Crippen LogP contribution in [0.4, 0.5) is 17.1 Å². The summed E-state index contributed by atoms with van der Waals surface area (Å²) in [7, 11) is 1.58. The topological polar surface area (TPSA) is 76.8 Å². The van der Waals surface area contributed by atoms with Crippen molar-refractivity contribution in [1.82, 2.24) is 0 Å². The number of rotatable bonds is 8. The van der Waals surface area contributed by atoms with Gasteiger partial charge >= 0.3 is 0 Å². The Hall–Kier alpha value is -2.37. The molecular weight excluding hydrogens is 282 g/mol. The monoisotopic (exact) mass is 307 g/mol. The van der Waals surface area contributed by atoms with E-state index in [1.807, 2.05) is 18.7 Å². The maximum Gasteiger partial charge on any atom is 0.221 e. The summed E-state index contributed by atoms with van der Waals surface area (Å²) in [5, 5.41) is 2.72. The van der Waals surface area contributed by atoms with Crippen molar-refractivity contribution in [3.8, 4) is 5.75 Å². The first-order valence-corrected chi connectivity index (χ1v) is 7.23. The maximum atomic E-state index is 11.3. The van der Waals surface area contributed by atoms with Crippen molar-refractivity contribution < 1.29 is 14.3 Å². The number of carbonyl (C=O) groups excluding carboxylic acids is 1. The minimum absolute atomic E-state index is 0.176. The van der Waals surface area contributed by atoms with Crippen LogP contribution in [0.25, 0.3) is 0 Å². The highest BCUT2D eigenvalue weighted by Crippen LogP contribution is 2.36. The molecule has 0 aliphatic heterocycles. The van der Waals surface area contributed by atoms with E-state index in [1.165, 1.54) is 6.92 Å². The summed E-state index contributed by atoms with van der Waals surface area (Å²) in [4.78, 5) is 13.3. The highest BCUT2D eigenvalue weighted by atomic mass is 16.5. The van der Waals surface area contributed by atoms with Gasteiger partial charge in [0.05, 0.1) is 37.3 Å². The van der Waals surface area contributed by atoms with Crippen molar-refractivity contribution in [3.63, 3.8) is 0 Å². The minimum Gasteiger partial charge on any atom is -0.497 e. The van der Waals surface area contributed by atoms with Crippen LogP contribution < -0.4 is 20.7 Å². The summed E-state index contributed by atoms with van der Waals surface area (Å²) in [6.07, 6.45) is 0. The van der Waals surface area contributed by atoms with Crippen LogP contribution in [0.3, 0.4) is 0 Å². The van der Waals surface area contributed by atoms with E-state index < -0.39 is 0 Å². The van der Waals surface area contributed by atoms with Crippen molar-refractivity contribution in [1.29, 1.82) is 0 Å². The molecule has 0 atom stereocenters. The van der Waals surface area contributed by atoms with Crippen LogP contribution in [0, 0.1) is 0 Å². The van der Waals surface area contributed by atoms with Gasteiger partial charge in [-0.1, -0.05) is 6.58 Å². The van der Waals surface area contributed by atoms with Crippen LogP contribution in [0.1, 0.15) is 20.8 Å². The highest BCUT2D eigenvalue weighted by molar-refractivity contribution is 5.94. The van der Waals surface area contributed by atoms with Crippen molar-refractivity contribution in [2.45, 2.75) is 20.8 Å². The molecule has 0 unspecified atom stereocenters. The zero-order chi connectivity index (χ0) is 16.7. The van der Waals surface area contributed by atoms with Gasteiger partial charge in [0, 0.05) is 19.5 Å². The van der Waals surface area contributed by atoms with E-state index in [0.717, 1.165) is 12.2 Å². The lowest BCUT2D eigenvalue weighted by Crippen LogP contribution is -2.26. The second-order valence-electron chi connectivity index (χ2n) is 4.78. The average Bonchev–Trinajstić information content (AvgIpc) is 2.46. The molecule has 0 heterocycles. The lowest BCUT2D eigenvalue weighted by Gasteiger charge is -2.27. The molecule has 0 bridgehead atoms. The molecule has 1 amide bonds. The number of anilines is 3. The summed E-state index contributed by atoms with van der Waals surface area (Å²) in [6, 6.07) is 3.50. The SMILES string of the molecule is C=C(CN(CC)c1cc(NC(C)=O)c(N)cc1OC)OCC. The Morgan fingerprint density at radius 3 is 2.59 bits per heavy atom. The molecule has 0 fully saturated rings. The lowest BCUT2D eigenvalue weighted by molar-refractivity contribution is -0.114. The number of likely N-dealkylation sites (N-methyl/N-ethyl adjacent to an activating group) is 1. The number of carbonyl (C=O) groups is 1. The van der Waals surface area contributed by atoms with Gasteiger partial charge in [-0.3, -0.25) is 4.79 Å². The number of hydrogen-bond donors (Lipinski definition) is 2. The molecule has 22 heavy (non-hydrogen) atoms. The van der Waals surface area contributed by atoms with Gasteiger partial charge in [-0.25, -0.2) is 0 Å². The zero-order valence-electron chi connectivity index (χ0n) is 13.7. The normalized spacial score (nSPS) is 10.0. The first-order valence-electron chi connectivity index (χ1n) is 7.23. The van der Waals surface area contributed by atoms with Gasteiger partial charge in [-0.15, -0.1) is 0 Å². The van der Waals surface area contributed by atoms with E-state index in [0.29, 0.717) is 36.0 Å². The van der Waals surface area contributed by atoms with E-state index in [1.54, 1.807) is 19.2 Å². The fourth-order valence-corrected chi connectivity index (χ4v) is 2.12. The van der Waals surface area contributed by atoms with Crippen molar-refractivity contribution in [2.75, 3.05) is 42.8 Å². The van der Waals surface area contributed by atoms with Gasteiger partial charge in [0.25, 0.3) is 0 Å². The predicted octanol–water partition coefficient (Wildman–Crippen LogP) is 2.61. The lowest BCUT2D eigenvalue weighted by atomic mass is 10.2. The van der Waals surface area contributed by atoms with Crippen LogP contribution in [-0.2, 0) is 9.53 Å². The fraction of sp³-hybridized carbons (Fsp3) is 0.438. The number of nitrogen functional groups attached to an aromatic ring is 1. The number of nitrogens with two attached hydrogens (primary N) is 1. The molecule has 0 saturated carbocycles. The second kappa shape index (κ2) is 8.17. The average molecular weight is 307 g/mol. The Morgan fingerprint density at radius 1 is 1.41 bits per heavy atom. The van der Waals surface area contributed by atoms with Crippen LogP contribution >= 0.6 is 0 Å². The molecule has 0 aliphatic rings. The Kier molecular flexibility index (Phi) is 6.56. The molecule has 0 aliphatic carbocycles. The van der Waals surface area contributed by atoms with E-state index in [-0.39, 0.29) is 5.91 Å². The van der Waals surface area contributed by atoms with E-state index in [2.05, 4.69) is 11.9 Å². The molecule has 1 aromatic rings. The standard InChI is InChI=1S/C16H25N3O3/c1-6-19(10-11(3)22-7-2)15-9-14(18-12(4)20)13(17)8-16(15)21-5/h8-9H,3,6-7,10,17H2,1-2,4-5H3,(H,18,20). The number of amides is 1. The number of methoxy groups -OCH3 is 1. The van der Waals surface area contributed by atoms with Crippen molar-refractivity contribution in [3.05, 3.63) is 24.5 Å². The molecule has 0 radical (unpaired) electrons. The molecule has 6 heteroatoms. The number of hydrogen-bond acceptors (Lipinski definition) is 5. The summed E-state index contributed by atoms with van der Waals surface area (Å²) in [5.74, 6) is 1.13. The van der Waals surface area contributed by atoms with Crippen molar-refractivity contribution in [2.24, 2.45) is 0 Å². The van der Waals surface area contributed by atoms with Gasteiger partial charge in [-0.05, 0) is 19.9 Å². The van der Waals surface area contributed by atoms with Gasteiger partial charge < -0.3 is 25.4 Å². The molecule has 1 rings (SSSR count). The van der Waals surface area contributed by atoms with Gasteiger partial charge in [-0.2, -0.15) is 0 Å². The smallest absolute Gasteiger partial charge is 0.221 e. The van der Waals surface area contributed by atoms with Crippen LogP contribution in [0.2, 0.25) is 0 Å². The van der Waals surface area contributed by atoms with Gasteiger partial charge in [0.15, 0.2) is 0 Å². The van der Waals surface area contributed by atoms with Crippen LogP contribution in [0.15, 0.2) is 24.5 Å². The molecule has 3 N–H and O–H groups in total. The van der Waals surface area contributed by atoms with E-state index in [4.69, 9.17) is 15.2 Å². The van der Waals surface area contributed by atoms with Gasteiger partial charge in [0.1, 0.15) is 11.5 Å². The van der Waals surface area contributed by atoms with Crippen molar-refractivity contribution >= 4 is 23.0 Å². The van der Waals surface area contributed by atoms with Gasteiger partial charge in [0.2, 0.25) is 5.91 Å². The molecular formula is C16H25N3O3. The fourth-order valence-electron chi connectivity index (χ4n) is 2.12. The highest BCUT2D eigenvalue weighted by Gasteiger charge is 2.16. The van der Waals surface area contributed by atoms with E-state index >= 15 is 0 Å². The Morgan fingerprint density at radius 2 is 2.09 bits per heavy atom. The molecule has 6 nitrogen and oxygen atoms in total. The second-order valence-corrected chi connectivity index (χ2v) is 4.78. The third-order valence-electron chi connectivity index (χ3n) is 3.10. The molecule has 0 spiro atoms. The number of nitrogens with zero attached hydrogens (tertiary/aromatic N) is 1. The Balaban J connectivity index is 3.17. The third kappa shape index (κ3) is 4.58. The summed E-state index contributed by atoms with van der Waals surface area (Å²) < 4.78 is 10.8. The quantitative estimate of drug-likeness (QED) is 0.570. The molecule has 0 saturated heterocycles. The first-order chi connectivity index (χ1) is 10.4. The van der Waals surface area contributed by atoms with Crippen LogP contribution in [0.5, 0.6) is 5.75 Å². The first kappa shape index (κ1) is 17.7. The summed E-state index contributed by atoms with van der Waals surface area (Å²) >= 11 is 0.